The summed E-state index contributed by atoms with van der Waals surface area (Å²) >= 11 is 0. The number of aromatic nitrogens is 2. The lowest BCUT2D eigenvalue weighted by Crippen LogP contribution is -2.28. The topological polar surface area (TPSA) is 106 Å². The van der Waals surface area contributed by atoms with Crippen molar-refractivity contribution in [1.29, 1.82) is 0 Å². The van der Waals surface area contributed by atoms with E-state index in [4.69, 9.17) is 4.42 Å². The number of nitrogens with zero attached hydrogens (tertiary/aromatic N) is 2. The molecule has 2 aromatic heterocycles. The summed E-state index contributed by atoms with van der Waals surface area (Å²) in [5.41, 5.74) is 2.36. The Kier molecular flexibility index (Phi) is 5.13. The van der Waals surface area contributed by atoms with E-state index in [1.807, 2.05) is 13.0 Å². The van der Waals surface area contributed by atoms with Gasteiger partial charge in [-0.3, -0.25) is 19.0 Å². The van der Waals surface area contributed by atoms with E-state index < -0.39 is 0 Å². The van der Waals surface area contributed by atoms with Crippen LogP contribution in [0.4, 0.5) is 11.4 Å². The van der Waals surface area contributed by atoms with E-state index in [1.165, 1.54) is 17.2 Å². The van der Waals surface area contributed by atoms with Gasteiger partial charge in [-0.25, -0.2) is 4.98 Å². The molecule has 4 aromatic rings. The zero-order valence-electron chi connectivity index (χ0n) is 16.1. The number of anilines is 2. The standard InChI is InChI=1S/C22H18N4O4/c1-14-4-2-5-17-20(14)23-13-26(22(17)29)12-19(27)24-15-7-9-16(10-8-15)25-21(28)18-6-3-11-30-18/h2-11,13H,12H2,1H3,(H,24,27)(H,25,28). The summed E-state index contributed by atoms with van der Waals surface area (Å²) in [6.45, 7) is 1.72. The minimum absolute atomic E-state index is 0.160. The first-order chi connectivity index (χ1) is 14.5. The molecular formula is C22H18N4O4. The van der Waals surface area contributed by atoms with Gasteiger partial charge in [0.2, 0.25) is 5.91 Å². The van der Waals surface area contributed by atoms with Gasteiger partial charge in [0.15, 0.2) is 5.76 Å². The first-order valence-electron chi connectivity index (χ1n) is 9.21. The zero-order valence-corrected chi connectivity index (χ0v) is 16.1. The third-order valence-corrected chi connectivity index (χ3v) is 4.54. The maximum absolute atomic E-state index is 12.6. The number of benzene rings is 2. The van der Waals surface area contributed by atoms with Gasteiger partial charge < -0.3 is 15.1 Å². The Balaban J connectivity index is 1.42. The number of hydrogen-bond acceptors (Lipinski definition) is 5. The molecule has 0 aliphatic heterocycles. The predicted molar refractivity (Wildman–Crippen MR) is 112 cm³/mol. The van der Waals surface area contributed by atoms with Gasteiger partial charge in [-0.05, 0) is 55.0 Å². The molecule has 2 N–H and O–H groups in total. The van der Waals surface area contributed by atoms with Crippen molar-refractivity contribution in [3.05, 3.63) is 88.9 Å². The Bertz CT molecular complexity index is 1270. The van der Waals surface area contributed by atoms with Crippen molar-refractivity contribution in [1.82, 2.24) is 9.55 Å². The monoisotopic (exact) mass is 402 g/mol. The lowest BCUT2D eigenvalue weighted by atomic mass is 10.1. The van der Waals surface area contributed by atoms with Crippen LogP contribution in [-0.2, 0) is 11.3 Å². The Morgan fingerprint density at radius 1 is 1.00 bits per heavy atom. The highest BCUT2D eigenvalue weighted by Gasteiger charge is 2.11. The van der Waals surface area contributed by atoms with Gasteiger partial charge in [0.05, 0.1) is 23.5 Å². The van der Waals surface area contributed by atoms with Gasteiger partial charge in [-0.15, -0.1) is 0 Å². The minimum Gasteiger partial charge on any atom is -0.459 e. The maximum Gasteiger partial charge on any atom is 0.291 e. The number of para-hydroxylation sites is 1. The molecule has 150 valence electrons. The first kappa shape index (κ1) is 19.1. The van der Waals surface area contributed by atoms with E-state index in [9.17, 15) is 14.4 Å². The third-order valence-electron chi connectivity index (χ3n) is 4.54. The number of rotatable bonds is 5. The fraction of sp³-hybridized carbons (Fsp3) is 0.0909. The van der Waals surface area contributed by atoms with Gasteiger partial charge in [-0.1, -0.05) is 12.1 Å². The summed E-state index contributed by atoms with van der Waals surface area (Å²) in [6, 6.07) is 15.2. The van der Waals surface area contributed by atoms with Crippen LogP contribution in [0.1, 0.15) is 16.1 Å². The highest BCUT2D eigenvalue weighted by atomic mass is 16.3. The summed E-state index contributed by atoms with van der Waals surface area (Å²) in [7, 11) is 0. The highest BCUT2D eigenvalue weighted by molar-refractivity contribution is 6.02. The number of amides is 2. The number of fused-ring (bicyclic) bond motifs is 1. The van der Waals surface area contributed by atoms with Crippen molar-refractivity contribution >= 4 is 34.1 Å². The van der Waals surface area contributed by atoms with Gasteiger partial charge in [0, 0.05) is 11.4 Å². The summed E-state index contributed by atoms with van der Waals surface area (Å²) in [5, 5.41) is 5.90. The quantitative estimate of drug-likeness (QED) is 0.533. The van der Waals surface area contributed by atoms with Crippen LogP contribution >= 0.6 is 0 Å². The molecule has 0 saturated carbocycles. The van der Waals surface area contributed by atoms with E-state index in [-0.39, 0.29) is 29.7 Å². The zero-order chi connectivity index (χ0) is 21.1. The largest absolute Gasteiger partial charge is 0.459 e. The number of carbonyl (C=O) groups excluding carboxylic acids is 2. The van der Waals surface area contributed by atoms with E-state index in [0.29, 0.717) is 22.3 Å². The van der Waals surface area contributed by atoms with Crippen molar-refractivity contribution in [2.75, 3.05) is 10.6 Å². The molecule has 0 saturated heterocycles. The van der Waals surface area contributed by atoms with Gasteiger partial charge >= 0.3 is 0 Å². The fourth-order valence-electron chi connectivity index (χ4n) is 3.04. The average Bonchev–Trinajstić information content (AvgIpc) is 3.27. The van der Waals surface area contributed by atoms with Crippen LogP contribution in [0.5, 0.6) is 0 Å². The molecule has 30 heavy (non-hydrogen) atoms. The molecule has 2 heterocycles. The van der Waals surface area contributed by atoms with Gasteiger partial charge in [0.1, 0.15) is 6.54 Å². The van der Waals surface area contributed by atoms with Gasteiger partial charge in [0.25, 0.3) is 11.5 Å². The number of nitrogens with one attached hydrogen (secondary N) is 2. The Morgan fingerprint density at radius 2 is 1.73 bits per heavy atom. The molecule has 2 aromatic carbocycles. The van der Waals surface area contributed by atoms with Crippen LogP contribution in [-0.4, -0.2) is 21.4 Å². The fourth-order valence-corrected chi connectivity index (χ4v) is 3.04. The molecule has 2 amide bonds. The molecule has 0 bridgehead atoms. The van der Waals surface area contributed by atoms with Crippen LogP contribution < -0.4 is 16.2 Å². The lowest BCUT2D eigenvalue weighted by molar-refractivity contribution is -0.116. The average molecular weight is 402 g/mol. The van der Waals surface area contributed by atoms with E-state index in [0.717, 1.165) is 5.56 Å². The molecule has 0 fully saturated rings. The smallest absolute Gasteiger partial charge is 0.291 e. The molecule has 0 aliphatic rings. The van der Waals surface area contributed by atoms with Crippen molar-refractivity contribution in [3.8, 4) is 0 Å². The molecule has 8 nitrogen and oxygen atoms in total. The number of carbonyl (C=O) groups is 2. The van der Waals surface area contributed by atoms with E-state index in [1.54, 1.807) is 48.5 Å². The number of hydrogen-bond donors (Lipinski definition) is 2. The molecule has 0 radical (unpaired) electrons. The summed E-state index contributed by atoms with van der Waals surface area (Å²) in [6.07, 6.45) is 2.80. The van der Waals surface area contributed by atoms with Crippen molar-refractivity contribution in [2.45, 2.75) is 13.5 Å². The summed E-state index contributed by atoms with van der Waals surface area (Å²) < 4.78 is 6.31. The van der Waals surface area contributed by atoms with Crippen molar-refractivity contribution in [2.24, 2.45) is 0 Å². The second-order valence-electron chi connectivity index (χ2n) is 6.71. The van der Waals surface area contributed by atoms with E-state index >= 15 is 0 Å². The van der Waals surface area contributed by atoms with Crippen molar-refractivity contribution in [3.63, 3.8) is 0 Å². The molecule has 8 heteroatoms. The molecular weight excluding hydrogens is 384 g/mol. The van der Waals surface area contributed by atoms with Crippen LogP contribution in [0.3, 0.4) is 0 Å². The van der Waals surface area contributed by atoms with Crippen LogP contribution in [0.15, 0.2) is 76.4 Å². The normalized spacial score (nSPS) is 10.7. The Hall–Kier alpha value is -4.20. The van der Waals surface area contributed by atoms with Crippen LogP contribution in [0.25, 0.3) is 10.9 Å². The SMILES string of the molecule is Cc1cccc2c(=O)n(CC(=O)Nc3ccc(NC(=O)c4ccco4)cc3)cnc12. The summed E-state index contributed by atoms with van der Waals surface area (Å²) in [4.78, 5) is 41.3. The maximum atomic E-state index is 12.6. The molecule has 0 spiro atoms. The van der Waals surface area contributed by atoms with Crippen LogP contribution in [0.2, 0.25) is 0 Å². The second-order valence-corrected chi connectivity index (χ2v) is 6.71. The minimum atomic E-state index is -0.366. The number of aryl methyl sites for hydroxylation is 1. The highest BCUT2D eigenvalue weighted by Crippen LogP contribution is 2.15. The third kappa shape index (κ3) is 3.97. The van der Waals surface area contributed by atoms with E-state index in [2.05, 4.69) is 15.6 Å². The predicted octanol–water partition coefficient (Wildman–Crippen LogP) is 3.19. The van der Waals surface area contributed by atoms with Crippen molar-refractivity contribution < 1.29 is 14.0 Å². The number of furan rings is 1. The molecule has 0 aliphatic carbocycles. The summed E-state index contributed by atoms with van der Waals surface area (Å²) in [5.74, 6) is -0.523. The molecule has 4 rings (SSSR count). The first-order valence-corrected chi connectivity index (χ1v) is 9.21. The Morgan fingerprint density at radius 3 is 2.43 bits per heavy atom. The molecule has 0 atom stereocenters. The lowest BCUT2D eigenvalue weighted by Gasteiger charge is -2.09. The van der Waals surface area contributed by atoms with Gasteiger partial charge in [-0.2, -0.15) is 0 Å². The second kappa shape index (κ2) is 8.04. The molecule has 0 unspecified atom stereocenters. The van der Waals surface area contributed by atoms with Crippen LogP contribution in [0, 0.1) is 6.92 Å². The Labute approximate surface area is 171 Å².